The number of hydrogen-bond donors (Lipinski definition) is 1. The Kier molecular flexibility index (Phi) is 5.12. The predicted octanol–water partition coefficient (Wildman–Crippen LogP) is 4.20. The number of nitrogens with zero attached hydrogens (tertiary/aromatic N) is 2. The molecule has 2 aromatic carbocycles. The van der Waals surface area contributed by atoms with E-state index < -0.39 is 16.7 Å². The molecular weight excluding hydrogens is 398 g/mol. The summed E-state index contributed by atoms with van der Waals surface area (Å²) in [5, 5.41) is 14.1. The number of hydrogen-bond acceptors (Lipinski definition) is 6. The van der Waals surface area contributed by atoms with Crippen LogP contribution in [0.15, 0.2) is 71.0 Å². The second kappa shape index (κ2) is 7.91. The van der Waals surface area contributed by atoms with Crippen LogP contribution in [0.3, 0.4) is 0 Å². The van der Waals surface area contributed by atoms with Crippen LogP contribution in [-0.4, -0.2) is 21.6 Å². The molecule has 0 unspecified atom stereocenters. The van der Waals surface area contributed by atoms with E-state index in [1.54, 1.807) is 12.1 Å². The first-order valence-corrected chi connectivity index (χ1v) is 9.57. The number of carbonyl (C=O) groups excluding carboxylic acids is 2. The van der Waals surface area contributed by atoms with Crippen molar-refractivity contribution in [3.05, 3.63) is 99.1 Å². The number of aryl methyl sites for hydroxylation is 2. The highest BCUT2D eigenvalue weighted by atomic mass is 16.6. The summed E-state index contributed by atoms with van der Waals surface area (Å²) < 4.78 is 5.30. The van der Waals surface area contributed by atoms with Crippen LogP contribution in [0.2, 0.25) is 0 Å². The van der Waals surface area contributed by atoms with Crippen LogP contribution in [0.4, 0.5) is 11.4 Å². The molecule has 1 aromatic heterocycles. The molecule has 3 aromatic rings. The summed E-state index contributed by atoms with van der Waals surface area (Å²) in [7, 11) is 0. The average molecular weight is 417 g/mol. The summed E-state index contributed by atoms with van der Waals surface area (Å²) in [5.41, 5.74) is 3.28. The van der Waals surface area contributed by atoms with Crippen molar-refractivity contribution in [1.82, 2.24) is 4.90 Å². The Morgan fingerprint density at radius 2 is 1.77 bits per heavy atom. The van der Waals surface area contributed by atoms with Gasteiger partial charge in [0.2, 0.25) is 0 Å². The molecule has 1 aliphatic heterocycles. The summed E-state index contributed by atoms with van der Waals surface area (Å²) >= 11 is 0. The number of benzene rings is 2. The van der Waals surface area contributed by atoms with E-state index in [1.165, 1.54) is 30.5 Å². The third-order valence-electron chi connectivity index (χ3n) is 5.07. The monoisotopic (exact) mass is 417 g/mol. The SMILES string of the molecule is Cc1ccc(NC2=C(c3ccc([N+](=O)[O-])cc3)C(=O)N(Cc3ccco3)C2=O)c(C)c1. The fourth-order valence-corrected chi connectivity index (χ4v) is 3.50. The molecule has 0 saturated heterocycles. The molecular formula is C23H19N3O5. The summed E-state index contributed by atoms with van der Waals surface area (Å²) in [6, 6.07) is 14.6. The van der Waals surface area contributed by atoms with Gasteiger partial charge in [-0.05, 0) is 55.3 Å². The second-order valence-corrected chi connectivity index (χ2v) is 7.27. The number of imide groups is 1. The van der Waals surface area contributed by atoms with Gasteiger partial charge in [0.1, 0.15) is 11.5 Å². The number of carbonyl (C=O) groups is 2. The van der Waals surface area contributed by atoms with Crippen molar-refractivity contribution in [2.75, 3.05) is 5.32 Å². The molecule has 2 amide bonds. The van der Waals surface area contributed by atoms with Gasteiger partial charge in [0.05, 0.1) is 23.3 Å². The van der Waals surface area contributed by atoms with Gasteiger partial charge in [0, 0.05) is 17.8 Å². The Morgan fingerprint density at radius 3 is 2.39 bits per heavy atom. The Bertz CT molecular complexity index is 1210. The van der Waals surface area contributed by atoms with Gasteiger partial charge in [-0.3, -0.25) is 24.6 Å². The molecule has 8 nitrogen and oxygen atoms in total. The quantitative estimate of drug-likeness (QED) is 0.366. The first kappa shape index (κ1) is 20.1. The molecule has 0 radical (unpaired) electrons. The molecule has 0 atom stereocenters. The molecule has 0 saturated carbocycles. The molecule has 0 bridgehead atoms. The zero-order valence-corrected chi connectivity index (χ0v) is 16.9. The van der Waals surface area contributed by atoms with E-state index in [-0.39, 0.29) is 23.5 Å². The van der Waals surface area contributed by atoms with Gasteiger partial charge < -0.3 is 9.73 Å². The fraction of sp³-hybridized carbons (Fsp3) is 0.130. The molecule has 4 rings (SSSR count). The highest BCUT2D eigenvalue weighted by Crippen LogP contribution is 2.33. The predicted molar refractivity (Wildman–Crippen MR) is 114 cm³/mol. The number of nitrogens with one attached hydrogen (secondary N) is 1. The number of anilines is 1. The fourth-order valence-electron chi connectivity index (χ4n) is 3.50. The van der Waals surface area contributed by atoms with Gasteiger partial charge in [-0.1, -0.05) is 17.7 Å². The minimum atomic E-state index is -0.516. The van der Waals surface area contributed by atoms with Crippen molar-refractivity contribution in [2.24, 2.45) is 0 Å². The van der Waals surface area contributed by atoms with E-state index in [4.69, 9.17) is 4.42 Å². The van der Waals surface area contributed by atoms with E-state index in [9.17, 15) is 19.7 Å². The van der Waals surface area contributed by atoms with Crippen LogP contribution in [0.5, 0.6) is 0 Å². The lowest BCUT2D eigenvalue weighted by Gasteiger charge is -2.14. The number of non-ortho nitro benzene ring substituents is 1. The van der Waals surface area contributed by atoms with Gasteiger partial charge in [-0.15, -0.1) is 0 Å². The normalized spacial score (nSPS) is 13.8. The van der Waals surface area contributed by atoms with Crippen LogP contribution in [0.25, 0.3) is 5.57 Å². The first-order valence-electron chi connectivity index (χ1n) is 9.57. The van der Waals surface area contributed by atoms with Crippen molar-refractivity contribution in [2.45, 2.75) is 20.4 Å². The molecule has 1 aliphatic rings. The van der Waals surface area contributed by atoms with Gasteiger partial charge in [-0.25, -0.2) is 0 Å². The zero-order valence-electron chi connectivity index (χ0n) is 16.9. The molecule has 8 heteroatoms. The topological polar surface area (TPSA) is 106 Å². The Labute approximate surface area is 177 Å². The van der Waals surface area contributed by atoms with E-state index in [0.29, 0.717) is 17.0 Å². The van der Waals surface area contributed by atoms with Gasteiger partial charge in [0.25, 0.3) is 17.5 Å². The van der Waals surface area contributed by atoms with Crippen LogP contribution in [0, 0.1) is 24.0 Å². The van der Waals surface area contributed by atoms with E-state index >= 15 is 0 Å². The number of amides is 2. The summed E-state index contributed by atoms with van der Waals surface area (Å²) in [6.45, 7) is 3.86. The molecule has 1 N–H and O–H groups in total. The molecule has 2 heterocycles. The van der Waals surface area contributed by atoms with E-state index in [0.717, 1.165) is 16.0 Å². The Morgan fingerprint density at radius 1 is 1.03 bits per heavy atom. The molecule has 0 spiro atoms. The maximum atomic E-state index is 13.2. The van der Waals surface area contributed by atoms with Gasteiger partial charge >= 0.3 is 0 Å². The second-order valence-electron chi connectivity index (χ2n) is 7.27. The van der Waals surface area contributed by atoms with Gasteiger partial charge in [-0.2, -0.15) is 0 Å². The number of rotatable bonds is 6. The van der Waals surface area contributed by atoms with Crippen LogP contribution >= 0.6 is 0 Å². The maximum Gasteiger partial charge on any atom is 0.278 e. The van der Waals surface area contributed by atoms with Crippen LogP contribution in [0.1, 0.15) is 22.5 Å². The molecule has 0 aliphatic carbocycles. The number of nitro benzene ring substituents is 1. The van der Waals surface area contributed by atoms with Crippen molar-refractivity contribution in [3.63, 3.8) is 0 Å². The molecule has 0 fully saturated rings. The lowest BCUT2D eigenvalue weighted by atomic mass is 10.0. The summed E-state index contributed by atoms with van der Waals surface area (Å²) in [5.74, 6) is -0.519. The number of furan rings is 1. The van der Waals surface area contributed by atoms with E-state index in [1.807, 2.05) is 32.0 Å². The lowest BCUT2D eigenvalue weighted by molar-refractivity contribution is -0.384. The summed E-state index contributed by atoms with van der Waals surface area (Å²) in [4.78, 5) is 38.0. The van der Waals surface area contributed by atoms with Crippen molar-refractivity contribution in [3.8, 4) is 0 Å². The Hall–Kier alpha value is -4.20. The Balaban J connectivity index is 1.77. The van der Waals surface area contributed by atoms with Crippen molar-refractivity contribution < 1.29 is 18.9 Å². The lowest BCUT2D eigenvalue weighted by Crippen LogP contribution is -2.31. The zero-order chi connectivity index (χ0) is 22.1. The van der Waals surface area contributed by atoms with Crippen molar-refractivity contribution >= 4 is 28.8 Å². The van der Waals surface area contributed by atoms with Crippen molar-refractivity contribution in [1.29, 1.82) is 0 Å². The third kappa shape index (κ3) is 3.83. The standard InChI is InChI=1S/C23H19N3O5/c1-14-5-10-19(15(2)12-14)24-21-20(16-6-8-17(9-7-16)26(29)30)22(27)25(23(21)28)13-18-4-3-11-31-18/h3-12,24H,13H2,1-2H3. The third-order valence-corrected chi connectivity index (χ3v) is 5.07. The minimum Gasteiger partial charge on any atom is -0.467 e. The van der Waals surface area contributed by atoms with Crippen LogP contribution in [-0.2, 0) is 16.1 Å². The number of nitro groups is 1. The van der Waals surface area contributed by atoms with E-state index in [2.05, 4.69) is 5.32 Å². The average Bonchev–Trinajstić information content (AvgIpc) is 3.33. The maximum absolute atomic E-state index is 13.2. The van der Waals surface area contributed by atoms with Crippen LogP contribution < -0.4 is 5.32 Å². The highest BCUT2D eigenvalue weighted by molar-refractivity contribution is 6.36. The largest absolute Gasteiger partial charge is 0.467 e. The first-order chi connectivity index (χ1) is 14.8. The molecule has 31 heavy (non-hydrogen) atoms. The summed E-state index contributed by atoms with van der Waals surface area (Å²) in [6.07, 6.45) is 1.47. The molecule has 156 valence electrons. The smallest absolute Gasteiger partial charge is 0.278 e. The minimum absolute atomic E-state index is 0.0147. The highest BCUT2D eigenvalue weighted by Gasteiger charge is 2.39. The van der Waals surface area contributed by atoms with Gasteiger partial charge in [0.15, 0.2) is 0 Å².